The highest BCUT2D eigenvalue weighted by atomic mass is 16.5. The molecule has 136 valence electrons. The van der Waals surface area contributed by atoms with E-state index in [0.717, 1.165) is 38.8 Å². The maximum atomic E-state index is 12.6. The number of carbonyl (C=O) groups is 2. The second-order valence-electron chi connectivity index (χ2n) is 7.30. The first-order valence-electron chi connectivity index (χ1n) is 9.23. The number of nitrogens with zero attached hydrogens (tertiary/aromatic N) is 2. The molecule has 3 fully saturated rings. The van der Waals surface area contributed by atoms with Gasteiger partial charge in [-0.2, -0.15) is 0 Å². The van der Waals surface area contributed by atoms with Crippen LogP contribution in [0, 0.1) is 5.92 Å². The molecule has 1 aliphatic carbocycles. The molecule has 3 N–H and O–H groups in total. The molecule has 0 bridgehead atoms. The average molecular weight is 338 g/mol. The lowest BCUT2D eigenvalue weighted by Crippen LogP contribution is -2.58. The Labute approximate surface area is 143 Å². The predicted molar refractivity (Wildman–Crippen MR) is 90.3 cm³/mol. The van der Waals surface area contributed by atoms with Crippen LogP contribution in [0.25, 0.3) is 0 Å². The maximum Gasteiger partial charge on any atom is 0.239 e. The number of nitrogens with one attached hydrogen (secondary N) is 1. The number of piperazine rings is 1. The second-order valence-corrected chi connectivity index (χ2v) is 7.30. The number of nitrogens with two attached hydrogens (primary N) is 1. The zero-order valence-corrected chi connectivity index (χ0v) is 14.6. The van der Waals surface area contributed by atoms with Crippen molar-refractivity contribution in [2.75, 3.05) is 39.4 Å². The molecule has 7 nitrogen and oxygen atoms in total. The molecule has 7 heteroatoms. The van der Waals surface area contributed by atoms with Crippen molar-refractivity contribution in [1.29, 1.82) is 0 Å². The van der Waals surface area contributed by atoms with Crippen molar-refractivity contribution in [2.24, 2.45) is 11.7 Å². The van der Waals surface area contributed by atoms with Gasteiger partial charge >= 0.3 is 0 Å². The molecule has 0 radical (unpaired) electrons. The van der Waals surface area contributed by atoms with Gasteiger partial charge < -0.3 is 20.7 Å². The van der Waals surface area contributed by atoms with E-state index in [0.29, 0.717) is 32.3 Å². The number of rotatable bonds is 5. The van der Waals surface area contributed by atoms with Crippen molar-refractivity contribution in [1.82, 2.24) is 15.1 Å². The normalized spacial score (nSPS) is 26.0. The van der Waals surface area contributed by atoms with Gasteiger partial charge in [0.25, 0.3) is 0 Å². The first-order valence-corrected chi connectivity index (χ1v) is 9.23. The van der Waals surface area contributed by atoms with Gasteiger partial charge in [0, 0.05) is 45.4 Å². The van der Waals surface area contributed by atoms with Crippen LogP contribution in [0.5, 0.6) is 0 Å². The summed E-state index contributed by atoms with van der Waals surface area (Å²) in [6.45, 7) is 6.10. The Bertz CT molecular complexity index is 455. The Morgan fingerprint density at radius 2 is 1.71 bits per heavy atom. The first kappa shape index (κ1) is 17.6. The SMILES string of the molecule is CC(C(=O)NC1CC1)N1CCN(C(=O)C(N)C2CCOCC2)CC1. The minimum absolute atomic E-state index is 0.0524. The molecule has 0 aromatic heterocycles. The van der Waals surface area contributed by atoms with Gasteiger partial charge in [-0.05, 0) is 38.5 Å². The number of hydrogen-bond acceptors (Lipinski definition) is 5. The Balaban J connectivity index is 1.45. The molecule has 2 aliphatic heterocycles. The summed E-state index contributed by atoms with van der Waals surface area (Å²) in [6, 6.07) is -0.164. The average Bonchev–Trinajstić information content (AvgIpc) is 3.44. The van der Waals surface area contributed by atoms with Crippen LogP contribution in [0.15, 0.2) is 0 Å². The molecule has 3 aliphatic rings. The van der Waals surface area contributed by atoms with Crippen molar-refractivity contribution in [3.05, 3.63) is 0 Å². The van der Waals surface area contributed by atoms with Crippen molar-refractivity contribution < 1.29 is 14.3 Å². The summed E-state index contributed by atoms with van der Waals surface area (Å²) < 4.78 is 5.34. The van der Waals surface area contributed by atoms with Crippen molar-refractivity contribution in [3.63, 3.8) is 0 Å². The van der Waals surface area contributed by atoms with E-state index in [1.807, 2.05) is 11.8 Å². The third kappa shape index (κ3) is 4.26. The molecule has 1 saturated carbocycles. The standard InChI is InChI=1S/C17H30N4O3/c1-12(16(22)19-14-2-3-14)20-6-8-21(9-7-20)17(23)15(18)13-4-10-24-11-5-13/h12-15H,2-11,18H2,1H3,(H,19,22). The molecule has 2 unspecified atom stereocenters. The van der Waals surface area contributed by atoms with Crippen LogP contribution in [-0.4, -0.2) is 79.1 Å². The zero-order chi connectivity index (χ0) is 17.1. The van der Waals surface area contributed by atoms with Gasteiger partial charge in [-0.25, -0.2) is 0 Å². The monoisotopic (exact) mass is 338 g/mol. The smallest absolute Gasteiger partial charge is 0.239 e. The molecule has 0 aromatic carbocycles. The molecule has 3 rings (SSSR count). The fourth-order valence-electron chi connectivity index (χ4n) is 3.53. The molecular formula is C17H30N4O3. The quantitative estimate of drug-likeness (QED) is 0.709. The summed E-state index contributed by atoms with van der Waals surface area (Å²) in [4.78, 5) is 28.8. The zero-order valence-electron chi connectivity index (χ0n) is 14.6. The third-order valence-corrected chi connectivity index (χ3v) is 5.54. The minimum atomic E-state index is -0.420. The lowest BCUT2D eigenvalue weighted by Gasteiger charge is -2.39. The van der Waals surface area contributed by atoms with Crippen LogP contribution < -0.4 is 11.1 Å². The van der Waals surface area contributed by atoms with E-state index in [-0.39, 0.29) is 23.8 Å². The van der Waals surface area contributed by atoms with E-state index >= 15 is 0 Å². The van der Waals surface area contributed by atoms with Crippen LogP contribution in [0.3, 0.4) is 0 Å². The van der Waals surface area contributed by atoms with E-state index in [1.54, 1.807) is 0 Å². The summed E-state index contributed by atoms with van der Waals surface area (Å²) in [6.07, 6.45) is 3.94. The van der Waals surface area contributed by atoms with E-state index in [2.05, 4.69) is 10.2 Å². The van der Waals surface area contributed by atoms with E-state index in [1.165, 1.54) is 0 Å². The Kier molecular flexibility index (Phi) is 5.73. The fraction of sp³-hybridized carbons (Fsp3) is 0.882. The highest BCUT2D eigenvalue weighted by Crippen LogP contribution is 2.21. The van der Waals surface area contributed by atoms with Gasteiger partial charge in [0.2, 0.25) is 11.8 Å². The molecule has 2 amide bonds. The summed E-state index contributed by atoms with van der Waals surface area (Å²) >= 11 is 0. The summed E-state index contributed by atoms with van der Waals surface area (Å²) in [5.41, 5.74) is 6.20. The third-order valence-electron chi connectivity index (χ3n) is 5.54. The van der Waals surface area contributed by atoms with Crippen molar-refractivity contribution >= 4 is 11.8 Å². The Hall–Kier alpha value is -1.18. The van der Waals surface area contributed by atoms with E-state index < -0.39 is 6.04 Å². The van der Waals surface area contributed by atoms with Crippen LogP contribution in [0.2, 0.25) is 0 Å². The molecule has 24 heavy (non-hydrogen) atoms. The molecule has 2 heterocycles. The summed E-state index contributed by atoms with van der Waals surface area (Å²) in [7, 11) is 0. The van der Waals surface area contributed by atoms with E-state index in [4.69, 9.17) is 10.5 Å². The largest absolute Gasteiger partial charge is 0.381 e. The summed E-state index contributed by atoms with van der Waals surface area (Å²) in [5.74, 6) is 0.389. The number of hydrogen-bond donors (Lipinski definition) is 2. The lowest BCUT2D eigenvalue weighted by atomic mass is 9.91. The topological polar surface area (TPSA) is 87.9 Å². The van der Waals surface area contributed by atoms with Crippen molar-refractivity contribution in [3.8, 4) is 0 Å². The summed E-state index contributed by atoms with van der Waals surface area (Å²) in [5, 5.41) is 3.05. The fourth-order valence-corrected chi connectivity index (χ4v) is 3.53. The highest BCUT2D eigenvalue weighted by molar-refractivity contribution is 5.83. The lowest BCUT2D eigenvalue weighted by molar-refractivity contribution is -0.137. The Morgan fingerprint density at radius 3 is 2.29 bits per heavy atom. The molecule has 2 atom stereocenters. The minimum Gasteiger partial charge on any atom is -0.381 e. The van der Waals surface area contributed by atoms with Gasteiger partial charge in [-0.15, -0.1) is 0 Å². The van der Waals surface area contributed by atoms with Crippen LogP contribution >= 0.6 is 0 Å². The second kappa shape index (κ2) is 7.80. The molecule has 2 saturated heterocycles. The highest BCUT2D eigenvalue weighted by Gasteiger charge is 2.34. The number of ether oxygens (including phenoxy) is 1. The molecular weight excluding hydrogens is 308 g/mol. The van der Waals surface area contributed by atoms with Gasteiger partial charge in [-0.3, -0.25) is 14.5 Å². The van der Waals surface area contributed by atoms with Gasteiger partial charge in [0.1, 0.15) is 0 Å². The first-order chi connectivity index (χ1) is 11.6. The van der Waals surface area contributed by atoms with Gasteiger partial charge in [0.15, 0.2) is 0 Å². The Morgan fingerprint density at radius 1 is 1.08 bits per heavy atom. The molecule has 0 aromatic rings. The number of amides is 2. The van der Waals surface area contributed by atoms with Gasteiger partial charge in [-0.1, -0.05) is 0 Å². The van der Waals surface area contributed by atoms with Crippen molar-refractivity contribution in [2.45, 2.75) is 50.7 Å². The van der Waals surface area contributed by atoms with E-state index in [9.17, 15) is 9.59 Å². The van der Waals surface area contributed by atoms with Crippen LogP contribution in [-0.2, 0) is 14.3 Å². The molecule has 0 spiro atoms. The van der Waals surface area contributed by atoms with Gasteiger partial charge in [0.05, 0.1) is 12.1 Å². The number of carbonyl (C=O) groups excluding carboxylic acids is 2. The van der Waals surface area contributed by atoms with Crippen LogP contribution in [0.1, 0.15) is 32.6 Å². The predicted octanol–water partition coefficient (Wildman–Crippen LogP) is -0.448. The van der Waals surface area contributed by atoms with Crippen LogP contribution in [0.4, 0.5) is 0 Å². The maximum absolute atomic E-state index is 12.6.